The van der Waals surface area contributed by atoms with E-state index in [0.717, 1.165) is 69.1 Å². The SMILES string of the molecule is O=C1COc2c(cccc2N2CCN(CC[C@@H]3CCCN3S(=O)(=O)c3cccc4ncccc34)CC2)N1. The number of anilines is 2. The van der Waals surface area contributed by atoms with Gasteiger partial charge in [0.1, 0.15) is 0 Å². The van der Waals surface area contributed by atoms with Crippen LogP contribution in [0.5, 0.6) is 5.75 Å². The molecule has 10 heteroatoms. The van der Waals surface area contributed by atoms with Crippen molar-refractivity contribution in [1.29, 1.82) is 0 Å². The Morgan fingerprint density at radius 3 is 2.70 bits per heavy atom. The highest BCUT2D eigenvalue weighted by atomic mass is 32.2. The summed E-state index contributed by atoms with van der Waals surface area (Å²) in [7, 11) is -3.60. The summed E-state index contributed by atoms with van der Waals surface area (Å²) in [6.07, 6.45) is 4.28. The van der Waals surface area contributed by atoms with Crippen molar-refractivity contribution >= 4 is 38.2 Å². The molecule has 0 radical (unpaired) electrons. The number of rotatable bonds is 6. The highest BCUT2D eigenvalue weighted by Gasteiger charge is 2.36. The van der Waals surface area contributed by atoms with Gasteiger partial charge in [-0.05, 0) is 62.2 Å². The number of piperazine rings is 1. The molecule has 0 unspecified atom stereocenters. The third-order valence-electron chi connectivity index (χ3n) is 7.62. The monoisotopic (exact) mass is 521 g/mol. The van der Waals surface area contributed by atoms with E-state index in [0.29, 0.717) is 22.3 Å². The van der Waals surface area contributed by atoms with Gasteiger partial charge < -0.3 is 15.0 Å². The lowest BCUT2D eigenvalue weighted by Crippen LogP contribution is -2.48. The average Bonchev–Trinajstić information content (AvgIpc) is 3.41. The molecule has 1 atom stereocenters. The van der Waals surface area contributed by atoms with E-state index in [1.807, 2.05) is 30.3 Å². The van der Waals surface area contributed by atoms with E-state index in [1.54, 1.807) is 28.7 Å². The second-order valence-corrected chi connectivity index (χ2v) is 11.7. The predicted octanol–water partition coefficient (Wildman–Crippen LogP) is 2.93. The quantitative estimate of drug-likeness (QED) is 0.533. The molecule has 194 valence electrons. The second kappa shape index (κ2) is 9.92. The second-order valence-electron chi connectivity index (χ2n) is 9.85. The fourth-order valence-corrected chi connectivity index (χ4v) is 7.66. The summed E-state index contributed by atoms with van der Waals surface area (Å²) in [5.41, 5.74) is 2.43. The molecule has 4 heterocycles. The minimum absolute atomic E-state index is 0.00751. The lowest BCUT2D eigenvalue weighted by molar-refractivity contribution is -0.118. The maximum Gasteiger partial charge on any atom is 0.262 e. The van der Waals surface area contributed by atoms with E-state index in [1.165, 1.54) is 0 Å². The van der Waals surface area contributed by atoms with Gasteiger partial charge in [0.15, 0.2) is 12.4 Å². The fraction of sp³-hybridized carbons (Fsp3) is 0.407. The van der Waals surface area contributed by atoms with Gasteiger partial charge in [-0.25, -0.2) is 8.42 Å². The summed E-state index contributed by atoms with van der Waals surface area (Å²) in [5.74, 6) is 0.612. The number of carbonyl (C=O) groups is 1. The number of pyridine rings is 1. The number of sulfonamides is 1. The molecular weight excluding hydrogens is 490 g/mol. The molecule has 3 aromatic rings. The number of aromatic nitrogens is 1. The molecule has 0 spiro atoms. The van der Waals surface area contributed by atoms with Gasteiger partial charge >= 0.3 is 0 Å². The van der Waals surface area contributed by atoms with Crippen molar-refractivity contribution in [3.8, 4) is 5.75 Å². The normalized spacial score (nSPS) is 21.0. The van der Waals surface area contributed by atoms with Crippen LogP contribution in [-0.4, -0.2) is 80.4 Å². The van der Waals surface area contributed by atoms with Crippen LogP contribution in [0.2, 0.25) is 0 Å². The van der Waals surface area contributed by atoms with Crippen LogP contribution < -0.4 is 15.0 Å². The smallest absolute Gasteiger partial charge is 0.262 e. The molecule has 2 aromatic carbocycles. The van der Waals surface area contributed by atoms with Gasteiger partial charge in [-0.1, -0.05) is 12.1 Å². The van der Waals surface area contributed by atoms with Gasteiger partial charge in [0.05, 0.1) is 21.8 Å². The number of nitrogens with one attached hydrogen (secondary N) is 1. The Hall–Kier alpha value is -3.21. The molecule has 6 rings (SSSR count). The minimum Gasteiger partial charge on any atom is -0.479 e. The lowest BCUT2D eigenvalue weighted by atomic mass is 10.1. The van der Waals surface area contributed by atoms with Crippen LogP contribution in [0.15, 0.2) is 59.6 Å². The van der Waals surface area contributed by atoms with Crippen molar-refractivity contribution in [1.82, 2.24) is 14.2 Å². The summed E-state index contributed by atoms with van der Waals surface area (Å²) in [5, 5.41) is 3.56. The minimum atomic E-state index is -3.60. The van der Waals surface area contributed by atoms with Crippen LogP contribution in [0, 0.1) is 0 Å². The van der Waals surface area contributed by atoms with E-state index < -0.39 is 10.0 Å². The molecule has 2 fully saturated rings. The Morgan fingerprint density at radius 2 is 1.84 bits per heavy atom. The van der Waals surface area contributed by atoms with Crippen molar-refractivity contribution < 1.29 is 17.9 Å². The molecule has 1 aromatic heterocycles. The first-order valence-electron chi connectivity index (χ1n) is 12.9. The molecule has 0 bridgehead atoms. The number of hydrogen-bond acceptors (Lipinski definition) is 7. The Labute approximate surface area is 217 Å². The van der Waals surface area contributed by atoms with E-state index in [9.17, 15) is 13.2 Å². The van der Waals surface area contributed by atoms with Gasteiger partial charge in [0.2, 0.25) is 10.0 Å². The van der Waals surface area contributed by atoms with Crippen LogP contribution in [0.3, 0.4) is 0 Å². The number of carbonyl (C=O) groups excluding carboxylic acids is 1. The van der Waals surface area contributed by atoms with Crippen LogP contribution in [0.25, 0.3) is 10.9 Å². The fourth-order valence-electron chi connectivity index (χ4n) is 5.73. The summed E-state index contributed by atoms with van der Waals surface area (Å²) in [6.45, 7) is 4.95. The molecule has 1 amide bonds. The van der Waals surface area contributed by atoms with Crippen molar-refractivity contribution in [2.75, 3.05) is 56.1 Å². The maximum atomic E-state index is 13.7. The first-order valence-corrected chi connectivity index (χ1v) is 14.3. The average molecular weight is 522 g/mol. The number of amides is 1. The van der Waals surface area contributed by atoms with Crippen LogP contribution in [0.4, 0.5) is 11.4 Å². The summed E-state index contributed by atoms with van der Waals surface area (Å²) >= 11 is 0. The summed E-state index contributed by atoms with van der Waals surface area (Å²) in [4.78, 5) is 21.1. The van der Waals surface area contributed by atoms with Crippen molar-refractivity contribution in [3.05, 3.63) is 54.7 Å². The number of hydrogen-bond donors (Lipinski definition) is 1. The number of fused-ring (bicyclic) bond motifs is 2. The molecular formula is C27H31N5O4S. The van der Waals surface area contributed by atoms with E-state index in [-0.39, 0.29) is 18.6 Å². The summed E-state index contributed by atoms with van der Waals surface area (Å²) in [6, 6.07) is 14.8. The first-order chi connectivity index (χ1) is 18.0. The molecule has 2 saturated heterocycles. The predicted molar refractivity (Wildman–Crippen MR) is 142 cm³/mol. The molecule has 1 N–H and O–H groups in total. The molecule has 0 saturated carbocycles. The summed E-state index contributed by atoms with van der Waals surface area (Å²) < 4.78 is 34.8. The van der Waals surface area contributed by atoms with Crippen LogP contribution in [0.1, 0.15) is 19.3 Å². The molecule has 3 aliphatic heterocycles. The number of ether oxygens (including phenoxy) is 1. The topological polar surface area (TPSA) is 95.1 Å². The molecule has 37 heavy (non-hydrogen) atoms. The molecule has 3 aliphatic rings. The third kappa shape index (κ3) is 4.65. The van der Waals surface area contributed by atoms with E-state index in [2.05, 4.69) is 20.1 Å². The third-order valence-corrected chi connectivity index (χ3v) is 9.63. The Balaban J connectivity index is 1.09. The Bertz CT molecular complexity index is 1420. The zero-order valence-corrected chi connectivity index (χ0v) is 21.5. The van der Waals surface area contributed by atoms with Gasteiger partial charge in [0.25, 0.3) is 5.91 Å². The number of nitrogens with zero attached hydrogens (tertiary/aromatic N) is 4. The van der Waals surface area contributed by atoms with Gasteiger partial charge in [-0.2, -0.15) is 4.31 Å². The van der Waals surface area contributed by atoms with Gasteiger partial charge in [-0.3, -0.25) is 14.7 Å². The van der Waals surface area contributed by atoms with Crippen molar-refractivity contribution in [3.63, 3.8) is 0 Å². The highest BCUT2D eigenvalue weighted by Crippen LogP contribution is 2.38. The van der Waals surface area contributed by atoms with E-state index >= 15 is 0 Å². The zero-order chi connectivity index (χ0) is 25.4. The largest absolute Gasteiger partial charge is 0.479 e. The van der Waals surface area contributed by atoms with Crippen molar-refractivity contribution in [2.24, 2.45) is 0 Å². The zero-order valence-electron chi connectivity index (χ0n) is 20.7. The van der Waals surface area contributed by atoms with Gasteiger partial charge in [-0.15, -0.1) is 0 Å². The van der Waals surface area contributed by atoms with Crippen LogP contribution >= 0.6 is 0 Å². The first kappa shape index (κ1) is 24.1. The maximum absolute atomic E-state index is 13.7. The highest BCUT2D eigenvalue weighted by molar-refractivity contribution is 7.89. The van der Waals surface area contributed by atoms with Crippen LogP contribution in [-0.2, 0) is 14.8 Å². The Kier molecular flexibility index (Phi) is 6.48. The Morgan fingerprint density at radius 1 is 1.00 bits per heavy atom. The van der Waals surface area contributed by atoms with E-state index in [4.69, 9.17) is 4.74 Å². The van der Waals surface area contributed by atoms with Gasteiger partial charge in [0, 0.05) is 50.3 Å². The molecule has 0 aliphatic carbocycles. The lowest BCUT2D eigenvalue weighted by Gasteiger charge is -2.38. The molecule has 9 nitrogen and oxygen atoms in total. The number of benzene rings is 2. The standard InChI is InChI=1S/C27H31N5O4S/c33-26-19-36-27-23(29-26)8-1-9-24(27)31-17-15-30(16-18-31)14-11-20-5-4-13-32(20)37(34,35)25-10-2-7-22-21(25)6-3-12-28-22/h1-3,6-10,12,20H,4-5,11,13-19H2,(H,29,33)/t20-/m0/s1. The van der Waals surface area contributed by atoms with Crippen molar-refractivity contribution in [2.45, 2.75) is 30.2 Å². The number of para-hydroxylation sites is 1.